The molecule has 11 nitrogen and oxygen atoms in total. The molecule has 1 aliphatic carbocycles. The van der Waals surface area contributed by atoms with E-state index in [2.05, 4.69) is 5.32 Å². The largest absolute Gasteiger partial charge is 0.444 e. The molecule has 7 N–H and O–H groups in total. The van der Waals surface area contributed by atoms with Crippen molar-refractivity contribution in [2.24, 2.45) is 11.5 Å². The van der Waals surface area contributed by atoms with Gasteiger partial charge in [0.05, 0.1) is 27.9 Å². The molecular weight excluding hydrogens is 578 g/mol. The lowest BCUT2D eigenvalue weighted by atomic mass is 9.72. The van der Waals surface area contributed by atoms with Gasteiger partial charge >= 0.3 is 6.09 Å². The van der Waals surface area contributed by atoms with Gasteiger partial charge in [0.1, 0.15) is 11.1 Å². The quantitative estimate of drug-likeness (QED) is 0.247. The van der Waals surface area contributed by atoms with Crippen LogP contribution in [0, 0.1) is 0 Å². The van der Waals surface area contributed by atoms with E-state index in [0.717, 1.165) is 5.56 Å². The van der Waals surface area contributed by atoms with Gasteiger partial charge in [0, 0.05) is 42.0 Å². The molecule has 44 heavy (non-hydrogen) atoms. The van der Waals surface area contributed by atoms with Crippen LogP contribution in [0.5, 0.6) is 0 Å². The van der Waals surface area contributed by atoms with Crippen molar-refractivity contribution in [3.63, 3.8) is 0 Å². The second-order valence-electron chi connectivity index (χ2n) is 12.5. The van der Waals surface area contributed by atoms with Crippen LogP contribution in [0.3, 0.4) is 0 Å². The van der Waals surface area contributed by atoms with Crippen molar-refractivity contribution in [3.8, 4) is 0 Å². The number of carbonyl (C=O) groups is 3. The third-order valence-corrected chi connectivity index (χ3v) is 9.41. The Balaban J connectivity index is 1.32. The molecule has 2 amide bonds. The van der Waals surface area contributed by atoms with Gasteiger partial charge in [-0.1, -0.05) is 36.4 Å². The minimum Gasteiger partial charge on any atom is -0.444 e. The topological polar surface area (TPSA) is 172 Å². The van der Waals surface area contributed by atoms with Crippen molar-refractivity contribution >= 4 is 44.9 Å². The highest BCUT2D eigenvalue weighted by Gasteiger charge is 2.50. The van der Waals surface area contributed by atoms with E-state index in [1.807, 2.05) is 51.1 Å². The summed E-state index contributed by atoms with van der Waals surface area (Å²) < 4.78 is 7.91. The van der Waals surface area contributed by atoms with Gasteiger partial charge in [-0.2, -0.15) is 5.10 Å². The van der Waals surface area contributed by atoms with Crippen molar-refractivity contribution in [2.75, 3.05) is 18.8 Å². The van der Waals surface area contributed by atoms with Gasteiger partial charge in [0.25, 0.3) is 5.91 Å². The number of hydrogen-bond acceptors (Lipinski definition) is 9. The van der Waals surface area contributed by atoms with E-state index in [-0.39, 0.29) is 11.9 Å². The van der Waals surface area contributed by atoms with Crippen LogP contribution in [0.4, 0.5) is 10.5 Å². The Morgan fingerprint density at radius 1 is 1.16 bits per heavy atom. The second kappa shape index (κ2) is 11.0. The zero-order valence-electron chi connectivity index (χ0n) is 25.0. The lowest BCUT2D eigenvalue weighted by Gasteiger charge is -2.35. The third kappa shape index (κ3) is 5.23. The molecule has 4 aromatic rings. The number of anilines is 1. The van der Waals surface area contributed by atoms with Crippen LogP contribution in [0.15, 0.2) is 54.7 Å². The molecule has 2 unspecified atom stereocenters. The minimum atomic E-state index is -1.63. The summed E-state index contributed by atoms with van der Waals surface area (Å²) in [5.74, 6) is -0.829. The number of rotatable bonds is 5. The highest BCUT2D eigenvalue weighted by molar-refractivity contribution is 7.21. The molecule has 3 heterocycles. The smallest absolute Gasteiger partial charge is 0.410 e. The fourth-order valence-corrected chi connectivity index (χ4v) is 7.29. The van der Waals surface area contributed by atoms with Crippen molar-refractivity contribution < 1.29 is 19.1 Å². The molecule has 6 rings (SSSR count). The fraction of sp³-hybridized carbons (Fsp3) is 0.375. The van der Waals surface area contributed by atoms with Crippen LogP contribution in [-0.2, 0) is 21.6 Å². The Hall–Kier alpha value is -4.26. The molecule has 1 fully saturated rings. The summed E-state index contributed by atoms with van der Waals surface area (Å²) in [5.41, 5.74) is 20.6. The van der Waals surface area contributed by atoms with Crippen LogP contribution < -0.4 is 22.5 Å². The van der Waals surface area contributed by atoms with E-state index in [9.17, 15) is 14.4 Å². The van der Waals surface area contributed by atoms with Gasteiger partial charge in [-0.15, -0.1) is 11.3 Å². The zero-order chi connectivity index (χ0) is 31.4. The van der Waals surface area contributed by atoms with Crippen LogP contribution >= 0.6 is 11.3 Å². The standard InChI is InChI=1S/C32H37N7O4S/c1-31(2,3)43-30(42)38-14-7-10-19(17-38)36-29(41)27-24-23-20(11-12-21(33)26(23)44-27)32(35,28(40)25(24)34)22-13-15-39(37-22)16-18-8-5-4-6-9-18/h4-6,8-9,11-13,15,19,25H,7,10,14,16-17,33-35H2,1-3H3,(H,36,41)/t19-,25?,32?/m1/s1. The molecule has 2 aromatic heterocycles. The number of aromatic nitrogens is 2. The molecule has 3 atom stereocenters. The Kier molecular flexibility index (Phi) is 7.47. The number of nitrogens with zero attached hydrogens (tertiary/aromatic N) is 3. The van der Waals surface area contributed by atoms with E-state index in [1.54, 1.807) is 34.0 Å². The van der Waals surface area contributed by atoms with E-state index in [0.29, 0.717) is 69.9 Å². The van der Waals surface area contributed by atoms with Gasteiger partial charge in [0.2, 0.25) is 0 Å². The molecule has 230 valence electrons. The number of piperidine rings is 1. The second-order valence-corrected chi connectivity index (χ2v) is 13.5. The van der Waals surface area contributed by atoms with E-state index in [4.69, 9.17) is 27.0 Å². The van der Waals surface area contributed by atoms with Crippen molar-refractivity contribution in [1.29, 1.82) is 0 Å². The fourth-order valence-electron chi connectivity index (χ4n) is 6.08. The number of nitrogens with one attached hydrogen (secondary N) is 1. The predicted octanol–water partition coefficient (Wildman–Crippen LogP) is 3.64. The van der Waals surface area contributed by atoms with E-state index < -0.39 is 29.1 Å². The van der Waals surface area contributed by atoms with Crippen LogP contribution in [0.2, 0.25) is 0 Å². The molecule has 0 bridgehead atoms. The molecule has 0 radical (unpaired) electrons. The van der Waals surface area contributed by atoms with Crippen molar-refractivity contribution in [3.05, 3.63) is 82.0 Å². The van der Waals surface area contributed by atoms with Crippen LogP contribution in [0.25, 0.3) is 10.1 Å². The number of ketones is 1. The maximum atomic E-state index is 14.1. The normalized spacial score (nSPS) is 21.8. The Bertz CT molecular complexity index is 1760. The van der Waals surface area contributed by atoms with Crippen molar-refractivity contribution in [1.82, 2.24) is 20.0 Å². The summed E-state index contributed by atoms with van der Waals surface area (Å²) in [6.45, 7) is 6.83. The first-order valence-corrected chi connectivity index (χ1v) is 15.5. The maximum Gasteiger partial charge on any atom is 0.410 e. The summed E-state index contributed by atoms with van der Waals surface area (Å²) in [6, 6.07) is 13.5. The number of likely N-dealkylation sites (tertiary alicyclic amines) is 1. The number of amides is 2. The predicted molar refractivity (Wildman–Crippen MR) is 169 cm³/mol. The first-order chi connectivity index (χ1) is 20.9. The molecule has 0 saturated carbocycles. The van der Waals surface area contributed by atoms with Gasteiger partial charge in [-0.25, -0.2) is 4.79 Å². The molecule has 2 aromatic carbocycles. The summed E-state index contributed by atoms with van der Waals surface area (Å²) in [4.78, 5) is 42.5. The molecule has 12 heteroatoms. The first kappa shape index (κ1) is 29.8. The third-order valence-electron chi connectivity index (χ3n) is 8.16. The monoisotopic (exact) mass is 615 g/mol. The average molecular weight is 616 g/mol. The Morgan fingerprint density at radius 2 is 1.91 bits per heavy atom. The summed E-state index contributed by atoms with van der Waals surface area (Å²) in [6.07, 6.45) is 2.78. The molecule has 1 saturated heterocycles. The minimum absolute atomic E-state index is 0.296. The Labute approximate surface area is 259 Å². The molecular formula is C32H37N7O4S. The summed E-state index contributed by atoms with van der Waals surface area (Å²) in [7, 11) is 0. The summed E-state index contributed by atoms with van der Waals surface area (Å²) in [5, 5.41) is 8.38. The number of nitrogen functional groups attached to an aromatic ring is 1. The lowest BCUT2D eigenvalue weighted by Crippen LogP contribution is -2.53. The van der Waals surface area contributed by atoms with Crippen molar-refractivity contribution in [2.45, 2.75) is 63.4 Å². The van der Waals surface area contributed by atoms with Crippen LogP contribution in [-0.4, -0.2) is 57.2 Å². The van der Waals surface area contributed by atoms with E-state index >= 15 is 0 Å². The number of nitrogens with two attached hydrogens (primary N) is 3. The number of thiophene rings is 1. The average Bonchev–Trinajstić information content (AvgIpc) is 3.62. The SMILES string of the molecule is CC(C)(C)OC(=O)N1CCC[C@@H](NC(=O)c2sc3c(N)ccc4c3c2C(N)C(=O)C4(N)c2ccn(Cc3ccccc3)n2)C1. The maximum absolute atomic E-state index is 14.1. The lowest BCUT2D eigenvalue weighted by molar-refractivity contribution is -0.124. The summed E-state index contributed by atoms with van der Waals surface area (Å²) >= 11 is 1.19. The van der Waals surface area contributed by atoms with E-state index in [1.165, 1.54) is 11.3 Å². The number of hydrogen-bond donors (Lipinski definition) is 4. The molecule has 1 aliphatic heterocycles. The highest BCUT2D eigenvalue weighted by Crippen LogP contribution is 2.49. The number of Topliss-reactive ketones (excluding diaryl/α,β-unsaturated/α-hetero) is 1. The van der Waals surface area contributed by atoms with Gasteiger partial charge in [0.15, 0.2) is 5.78 Å². The molecule has 2 aliphatic rings. The zero-order valence-corrected chi connectivity index (χ0v) is 25.8. The van der Waals surface area contributed by atoms with Gasteiger partial charge in [-0.05, 0) is 56.9 Å². The first-order valence-electron chi connectivity index (χ1n) is 14.7. The number of ether oxygens (including phenoxy) is 1. The highest BCUT2D eigenvalue weighted by atomic mass is 32.1. The Morgan fingerprint density at radius 3 is 2.64 bits per heavy atom. The van der Waals surface area contributed by atoms with Gasteiger partial charge in [-0.3, -0.25) is 14.3 Å². The van der Waals surface area contributed by atoms with Gasteiger partial charge < -0.3 is 32.2 Å². The van der Waals surface area contributed by atoms with Crippen LogP contribution in [0.1, 0.15) is 71.7 Å². The number of benzene rings is 2. The number of carbonyl (C=O) groups excluding carboxylic acids is 3. The molecule has 0 spiro atoms.